The molecular formula is C9H12N2Na3O15P3. The molecule has 0 aliphatic carbocycles. The van der Waals surface area contributed by atoms with Crippen LogP contribution in [0.1, 0.15) is 6.23 Å². The van der Waals surface area contributed by atoms with Gasteiger partial charge in [0.25, 0.3) is 29.0 Å². The van der Waals surface area contributed by atoms with Crippen LogP contribution in [0.5, 0.6) is 0 Å². The van der Waals surface area contributed by atoms with E-state index in [1.165, 1.54) is 0 Å². The first-order valence-corrected chi connectivity index (χ1v) is 11.6. The summed E-state index contributed by atoms with van der Waals surface area (Å²) in [4.78, 5) is 65.8. The number of ether oxygens (including phenoxy) is 1. The number of aromatic nitrogens is 2. The molecule has 7 atom stereocenters. The summed E-state index contributed by atoms with van der Waals surface area (Å²) in [6.45, 7) is -1.15. The first kappa shape index (κ1) is 36.1. The zero-order valence-electron chi connectivity index (χ0n) is 16.7. The molecule has 1 aliphatic rings. The predicted octanol–water partition coefficient (Wildman–Crippen LogP) is -13.4. The molecule has 4 N–H and O–H groups in total. The van der Waals surface area contributed by atoms with Crippen LogP contribution in [0.15, 0.2) is 21.9 Å². The Morgan fingerprint density at radius 3 is 2.09 bits per heavy atom. The quantitative estimate of drug-likeness (QED) is 0.173. The standard InChI is InChI=1S/C9H15N2O15P3.3Na/c12-5-1-2-11(9(15)10-5)8-7(14)6(13)4(24-8)3-23-28(19,20)26-29(21,22)25-27(16,17)18;;;/h1-2,4,6-8,13-14H,3H2,(H,19,20)(H,21,22)(H,10,12,15)(H2,16,17,18);;;/q;3*+1/p-3. The molecule has 0 amide bonds. The fourth-order valence-electron chi connectivity index (χ4n) is 2.18. The van der Waals surface area contributed by atoms with Crippen molar-refractivity contribution in [2.45, 2.75) is 24.5 Å². The third-order valence-electron chi connectivity index (χ3n) is 3.26. The van der Waals surface area contributed by atoms with Crippen molar-refractivity contribution in [2.24, 2.45) is 0 Å². The van der Waals surface area contributed by atoms with E-state index in [1.807, 2.05) is 4.98 Å². The average molecular weight is 550 g/mol. The van der Waals surface area contributed by atoms with Gasteiger partial charge in [0.05, 0.1) is 6.61 Å². The maximum absolute atomic E-state index is 11.7. The first-order valence-electron chi connectivity index (χ1n) is 7.16. The van der Waals surface area contributed by atoms with Gasteiger partial charge in [-0.25, -0.2) is 13.4 Å². The number of aromatic amines is 1. The van der Waals surface area contributed by atoms with Gasteiger partial charge in [-0.05, 0) is 0 Å². The van der Waals surface area contributed by atoms with Crippen molar-refractivity contribution in [1.82, 2.24) is 9.55 Å². The minimum atomic E-state index is -6.10. The number of hydrogen-bond donors (Lipinski definition) is 4. The number of aliphatic hydroxyl groups excluding tert-OH is 2. The van der Waals surface area contributed by atoms with E-state index < -0.39 is 65.9 Å². The molecule has 2 rings (SSSR count). The Kier molecular flexibility index (Phi) is 15.9. The van der Waals surface area contributed by atoms with E-state index in [9.17, 15) is 48.2 Å². The number of phosphoric ester groups is 1. The topological polar surface area (TPSA) is 273 Å². The van der Waals surface area contributed by atoms with E-state index in [4.69, 9.17) is 9.63 Å². The molecular weight excluding hydrogens is 538 g/mol. The zero-order valence-corrected chi connectivity index (χ0v) is 25.4. The molecule has 1 saturated heterocycles. The van der Waals surface area contributed by atoms with Crippen molar-refractivity contribution in [3.05, 3.63) is 33.1 Å². The van der Waals surface area contributed by atoms with Crippen LogP contribution in [-0.4, -0.2) is 49.6 Å². The Labute approximate surface area is 244 Å². The second kappa shape index (κ2) is 14.1. The Morgan fingerprint density at radius 1 is 1.03 bits per heavy atom. The van der Waals surface area contributed by atoms with Crippen LogP contribution in [0.3, 0.4) is 0 Å². The molecule has 0 aromatic carbocycles. The van der Waals surface area contributed by atoms with E-state index >= 15 is 0 Å². The summed E-state index contributed by atoms with van der Waals surface area (Å²) in [5, 5.41) is 19.8. The van der Waals surface area contributed by atoms with Gasteiger partial charge in [-0.2, -0.15) is 0 Å². The van der Waals surface area contributed by atoms with E-state index in [0.29, 0.717) is 4.57 Å². The van der Waals surface area contributed by atoms with Crippen LogP contribution >= 0.6 is 23.5 Å². The fraction of sp³-hybridized carbons (Fsp3) is 0.556. The molecule has 0 radical (unpaired) electrons. The smallest absolute Gasteiger partial charge is 0.756 e. The molecule has 0 bridgehead atoms. The summed E-state index contributed by atoms with van der Waals surface area (Å²) in [5.74, 6) is 0. The van der Waals surface area contributed by atoms with Gasteiger partial charge in [0.2, 0.25) is 0 Å². The number of rotatable bonds is 8. The van der Waals surface area contributed by atoms with Crippen molar-refractivity contribution in [3.63, 3.8) is 0 Å². The van der Waals surface area contributed by atoms with Crippen LogP contribution in [0, 0.1) is 0 Å². The van der Waals surface area contributed by atoms with Gasteiger partial charge in [-0.15, -0.1) is 0 Å². The van der Waals surface area contributed by atoms with E-state index in [2.05, 4.69) is 13.1 Å². The normalized spacial score (nSPS) is 28.1. The zero-order chi connectivity index (χ0) is 22.2. The average Bonchev–Trinajstić information content (AvgIpc) is 2.78. The molecule has 1 aliphatic heterocycles. The van der Waals surface area contributed by atoms with Crippen LogP contribution < -0.4 is 115 Å². The van der Waals surface area contributed by atoms with E-state index in [0.717, 1.165) is 12.3 Å². The molecule has 32 heavy (non-hydrogen) atoms. The monoisotopic (exact) mass is 550 g/mol. The first-order chi connectivity index (χ1) is 13.1. The maximum Gasteiger partial charge on any atom is 1.00 e. The second-order valence-electron chi connectivity index (χ2n) is 5.39. The van der Waals surface area contributed by atoms with E-state index in [1.54, 1.807) is 0 Å². The summed E-state index contributed by atoms with van der Waals surface area (Å²) in [6.07, 6.45) is -5.93. The molecule has 1 fully saturated rings. The number of aliphatic hydroxyl groups is 2. The van der Waals surface area contributed by atoms with Gasteiger partial charge < -0.3 is 39.0 Å². The van der Waals surface area contributed by atoms with Gasteiger partial charge in [0, 0.05) is 12.3 Å². The van der Waals surface area contributed by atoms with Gasteiger partial charge in [-0.3, -0.25) is 28.0 Å². The Morgan fingerprint density at radius 2 is 1.59 bits per heavy atom. The number of nitrogens with one attached hydrogen (secondary N) is 1. The summed E-state index contributed by atoms with van der Waals surface area (Å²) < 4.78 is 49.3. The van der Waals surface area contributed by atoms with Gasteiger partial charge in [0.15, 0.2) is 6.23 Å². The Bertz CT molecular complexity index is 1010. The molecule has 2 heterocycles. The molecule has 1 aromatic rings. The molecule has 166 valence electrons. The third-order valence-corrected chi connectivity index (χ3v) is 6.95. The van der Waals surface area contributed by atoms with Crippen LogP contribution in [0.4, 0.5) is 0 Å². The summed E-state index contributed by atoms with van der Waals surface area (Å²) in [6, 6.07) is 0.898. The molecule has 0 spiro atoms. The largest absolute Gasteiger partial charge is 1.00 e. The van der Waals surface area contributed by atoms with Crippen molar-refractivity contribution >= 4 is 23.5 Å². The predicted molar refractivity (Wildman–Crippen MR) is 80.4 cm³/mol. The molecule has 23 heteroatoms. The SMILES string of the molecule is O=c1ccn(C2OC(COP(=O)([O-])OP(=O)([O-])OP(=O)([O-])O)C(O)C2O)c(=O)[nH]1.[Na+].[Na+].[Na+]. The number of phosphoric acid groups is 3. The van der Waals surface area contributed by atoms with Crippen molar-refractivity contribution in [1.29, 1.82) is 0 Å². The van der Waals surface area contributed by atoms with Crippen LogP contribution in [-0.2, 0) is 31.6 Å². The Hall–Kier alpha value is 1.97. The summed E-state index contributed by atoms with van der Waals surface area (Å²) in [7, 11) is -17.8. The van der Waals surface area contributed by atoms with Crippen LogP contribution in [0.25, 0.3) is 0 Å². The molecule has 7 unspecified atom stereocenters. The van der Waals surface area contributed by atoms with Crippen molar-refractivity contribution < 1.29 is 150 Å². The minimum absolute atomic E-state index is 0. The van der Waals surface area contributed by atoms with Gasteiger partial charge in [-0.1, -0.05) is 0 Å². The molecule has 17 nitrogen and oxygen atoms in total. The fourth-order valence-corrected chi connectivity index (χ4v) is 5.07. The number of H-pyrrole nitrogens is 1. The second-order valence-corrected chi connectivity index (χ2v) is 9.68. The Balaban J connectivity index is 0. The minimum Gasteiger partial charge on any atom is -0.756 e. The summed E-state index contributed by atoms with van der Waals surface area (Å²) in [5.41, 5.74) is -1.79. The van der Waals surface area contributed by atoms with Gasteiger partial charge in [0.1, 0.15) is 18.3 Å². The van der Waals surface area contributed by atoms with Crippen molar-refractivity contribution in [2.75, 3.05) is 6.61 Å². The van der Waals surface area contributed by atoms with Gasteiger partial charge >= 0.3 is 94.4 Å². The number of hydrogen-bond acceptors (Lipinski definition) is 14. The third kappa shape index (κ3) is 10.9. The molecule has 0 saturated carbocycles. The number of nitrogens with zero attached hydrogens (tertiary/aromatic N) is 1. The summed E-state index contributed by atoms with van der Waals surface area (Å²) >= 11 is 0. The van der Waals surface area contributed by atoms with Crippen LogP contribution in [0.2, 0.25) is 0 Å². The molecule has 1 aromatic heterocycles. The maximum atomic E-state index is 11.7. The van der Waals surface area contributed by atoms with E-state index in [-0.39, 0.29) is 88.7 Å². The van der Waals surface area contributed by atoms with Crippen molar-refractivity contribution in [3.8, 4) is 0 Å².